The minimum atomic E-state index is -1.40. The number of benzene rings is 4. The van der Waals surface area contributed by atoms with E-state index in [9.17, 15) is 15.3 Å². The molecule has 0 aliphatic carbocycles. The van der Waals surface area contributed by atoms with Crippen LogP contribution in [0.2, 0.25) is 0 Å². The number of phenolic OH excluding ortho intramolecular Hbond substituents is 2. The molecule has 0 fully saturated rings. The van der Waals surface area contributed by atoms with Crippen molar-refractivity contribution in [2.24, 2.45) is 15.9 Å². The number of phenols is 2. The Kier molecular flexibility index (Phi) is 19.6. The molecular weight excluding hydrogens is 783 g/mol. The third-order valence-corrected chi connectivity index (χ3v) is 12.2. The van der Waals surface area contributed by atoms with E-state index in [2.05, 4.69) is 90.2 Å². The van der Waals surface area contributed by atoms with E-state index in [1.165, 1.54) is 70.6 Å². The van der Waals surface area contributed by atoms with Crippen LogP contribution in [0.25, 0.3) is 0 Å². The van der Waals surface area contributed by atoms with Gasteiger partial charge in [-0.2, -0.15) is 0 Å². The summed E-state index contributed by atoms with van der Waals surface area (Å²) in [5.41, 5.74) is 6.63. The van der Waals surface area contributed by atoms with Gasteiger partial charge in [-0.05, 0) is 87.8 Å². The molecule has 0 aromatic heterocycles. The van der Waals surface area contributed by atoms with E-state index < -0.39 is 11.8 Å². The largest absolute Gasteiger partial charge is 0.507 e. The first kappa shape index (κ1) is 49.4. The first-order valence-electron chi connectivity index (χ1n) is 24.1. The van der Waals surface area contributed by atoms with E-state index in [1.54, 1.807) is 18.2 Å². The number of unbranched alkanes of at least 4 members (excludes halogenated alkanes) is 12. The van der Waals surface area contributed by atoms with Crippen molar-refractivity contribution in [3.8, 4) is 17.2 Å². The molecule has 1 heterocycles. The molecule has 2 unspecified atom stereocenters. The zero-order chi connectivity index (χ0) is 45.2. The van der Waals surface area contributed by atoms with Crippen LogP contribution in [0.3, 0.4) is 0 Å². The lowest BCUT2D eigenvalue weighted by molar-refractivity contribution is 0.0109. The fraction of sp³-hybridized carbons (Fsp3) is 0.527. The maximum absolute atomic E-state index is 12.0. The summed E-state index contributed by atoms with van der Waals surface area (Å²) in [4.78, 5) is 10.8. The summed E-state index contributed by atoms with van der Waals surface area (Å²) in [6.07, 6.45) is 18.8. The molecule has 8 nitrogen and oxygen atoms in total. The van der Waals surface area contributed by atoms with Gasteiger partial charge in [0.1, 0.15) is 41.6 Å². The summed E-state index contributed by atoms with van der Waals surface area (Å²) in [5.74, 6) is 2.16. The van der Waals surface area contributed by atoms with Crippen LogP contribution in [-0.2, 0) is 16.8 Å². The molecule has 8 heteroatoms. The number of amidine groups is 2. The van der Waals surface area contributed by atoms with Crippen molar-refractivity contribution in [3.63, 3.8) is 0 Å². The summed E-state index contributed by atoms with van der Waals surface area (Å²) in [6.45, 7) is 15.9. The fourth-order valence-electron chi connectivity index (χ4n) is 8.66. The minimum Gasteiger partial charge on any atom is -0.507 e. The van der Waals surface area contributed by atoms with Gasteiger partial charge in [0.05, 0.1) is 12.2 Å². The molecule has 0 radical (unpaired) electrons. The number of aliphatic hydroxyl groups is 1. The summed E-state index contributed by atoms with van der Waals surface area (Å²) in [7, 11) is 0. The summed E-state index contributed by atoms with van der Waals surface area (Å²) in [5, 5.41) is 37.8. The van der Waals surface area contributed by atoms with Crippen LogP contribution in [0, 0.1) is 33.6 Å². The number of aliphatic hydroxyl groups excluding tert-OH is 1. The second-order valence-electron chi connectivity index (χ2n) is 18.5. The Labute approximate surface area is 379 Å². The second kappa shape index (κ2) is 25.0. The number of aliphatic imine (C=N–C) groups is 2. The van der Waals surface area contributed by atoms with Crippen LogP contribution in [-0.4, -0.2) is 52.9 Å². The monoisotopic (exact) mass is 860 g/mol. The summed E-state index contributed by atoms with van der Waals surface area (Å²) < 4.78 is 11.7. The Hall–Kier alpha value is -4.66. The molecule has 0 saturated heterocycles. The molecule has 4 aromatic rings. The highest BCUT2D eigenvalue weighted by Gasteiger charge is 2.42. The molecule has 0 bridgehead atoms. The predicted octanol–water partition coefficient (Wildman–Crippen LogP) is 12.9. The van der Waals surface area contributed by atoms with Crippen molar-refractivity contribution >= 4 is 11.7 Å². The van der Waals surface area contributed by atoms with Gasteiger partial charge in [0.25, 0.3) is 0 Å². The van der Waals surface area contributed by atoms with Crippen LogP contribution in [0.1, 0.15) is 167 Å². The molecule has 342 valence electrons. The van der Waals surface area contributed by atoms with Gasteiger partial charge in [-0.3, -0.25) is 0 Å². The van der Waals surface area contributed by atoms with Crippen LogP contribution in [0.15, 0.2) is 82.8 Å². The Morgan fingerprint density at radius 2 is 1.21 bits per heavy atom. The normalized spacial score (nSPS) is 15.6. The second-order valence-corrected chi connectivity index (χ2v) is 18.5. The number of nitrogens with zero attached hydrogens (tertiary/aromatic N) is 2. The number of rotatable bonds is 27. The first-order valence-corrected chi connectivity index (χ1v) is 24.1. The fourth-order valence-corrected chi connectivity index (χ4v) is 8.66. The average Bonchev–Trinajstić information content (AvgIpc) is 3.24. The van der Waals surface area contributed by atoms with Crippen molar-refractivity contribution in [1.29, 1.82) is 0 Å². The molecule has 1 aliphatic rings. The van der Waals surface area contributed by atoms with Crippen LogP contribution < -0.4 is 10.1 Å². The Bertz CT molecular complexity index is 2110. The lowest BCUT2D eigenvalue weighted by Gasteiger charge is -2.35. The van der Waals surface area contributed by atoms with Gasteiger partial charge in [-0.25, -0.2) is 9.98 Å². The van der Waals surface area contributed by atoms with E-state index >= 15 is 0 Å². The van der Waals surface area contributed by atoms with Gasteiger partial charge in [0.15, 0.2) is 0 Å². The van der Waals surface area contributed by atoms with Gasteiger partial charge in [0, 0.05) is 29.4 Å². The molecule has 2 atom stereocenters. The van der Waals surface area contributed by atoms with E-state index in [1.807, 2.05) is 18.2 Å². The van der Waals surface area contributed by atoms with Crippen molar-refractivity contribution in [2.75, 3.05) is 19.8 Å². The van der Waals surface area contributed by atoms with E-state index in [0.717, 1.165) is 71.0 Å². The lowest BCUT2D eigenvalue weighted by Crippen LogP contribution is -2.43. The highest BCUT2D eigenvalue weighted by molar-refractivity contribution is 6.17. The molecule has 1 aliphatic heterocycles. The van der Waals surface area contributed by atoms with E-state index in [4.69, 9.17) is 19.5 Å². The Morgan fingerprint density at radius 1 is 0.603 bits per heavy atom. The molecule has 0 spiro atoms. The quantitative estimate of drug-likeness (QED) is 0.0444. The highest BCUT2D eigenvalue weighted by atomic mass is 16.5. The number of aryl methyl sites for hydroxylation is 5. The zero-order valence-corrected chi connectivity index (χ0v) is 39.6. The van der Waals surface area contributed by atoms with Crippen molar-refractivity contribution < 1.29 is 24.8 Å². The maximum atomic E-state index is 12.0. The smallest absolute Gasteiger partial charge is 0.209 e. The maximum Gasteiger partial charge on any atom is 0.209 e. The van der Waals surface area contributed by atoms with Gasteiger partial charge in [0.2, 0.25) is 5.66 Å². The van der Waals surface area contributed by atoms with Gasteiger partial charge in [-0.15, -0.1) is 0 Å². The third-order valence-electron chi connectivity index (χ3n) is 12.2. The molecule has 0 amide bonds. The third kappa shape index (κ3) is 14.7. The van der Waals surface area contributed by atoms with Gasteiger partial charge in [-0.1, -0.05) is 164 Å². The number of nitrogens with one attached hydrogen (secondary N) is 1. The van der Waals surface area contributed by atoms with Crippen molar-refractivity contribution in [1.82, 2.24) is 5.32 Å². The Morgan fingerprint density at radius 3 is 1.84 bits per heavy atom. The highest BCUT2D eigenvalue weighted by Crippen LogP contribution is 2.45. The molecule has 4 N–H and O–H groups in total. The SMILES string of the molecule is CCCCCCCCCCCCCOCC(O)COc1ccc(C2=NC(c3ccc(C)cc3C)(c3ccc(CCCCCC(C)C)cc3O)N=C(c3ccc(C)cc3C)N2)c(O)c1. The standard InChI is InChI=1S/C55H77N3O5/c1-8-9-10-11-12-13-14-15-16-17-21-32-62-37-45(59)38-63-46-27-29-48(51(60)36-46)54-56-53(47-28-24-40(4)33-42(47)6)57-55(58-54,49-30-25-41(5)34-43(49)7)50-31-26-44(35-52(50)61)23-20-18-19-22-39(2)3/h24-31,33-36,39,45,59-61H,8-23,32,37-38H2,1-7H3,(H,56,57,58). The zero-order valence-electron chi connectivity index (χ0n) is 39.6. The predicted molar refractivity (Wildman–Crippen MR) is 261 cm³/mol. The Balaban J connectivity index is 1.34. The first-order chi connectivity index (χ1) is 30.4. The molecular formula is C55H77N3O5. The van der Waals surface area contributed by atoms with Gasteiger partial charge < -0.3 is 30.1 Å². The van der Waals surface area contributed by atoms with Crippen molar-refractivity contribution in [3.05, 3.63) is 123 Å². The number of ether oxygens (including phenoxy) is 2. The van der Waals surface area contributed by atoms with Crippen LogP contribution in [0.5, 0.6) is 17.2 Å². The topological polar surface area (TPSA) is 116 Å². The average molecular weight is 860 g/mol. The number of hydrogen-bond donors (Lipinski definition) is 4. The van der Waals surface area contributed by atoms with Gasteiger partial charge >= 0.3 is 0 Å². The minimum absolute atomic E-state index is 0.0305. The van der Waals surface area contributed by atoms with Crippen LogP contribution >= 0.6 is 0 Å². The molecule has 0 saturated carbocycles. The van der Waals surface area contributed by atoms with Crippen molar-refractivity contribution in [2.45, 2.75) is 163 Å². The van der Waals surface area contributed by atoms with E-state index in [-0.39, 0.29) is 24.7 Å². The number of hydrogen-bond acceptors (Lipinski definition) is 8. The van der Waals surface area contributed by atoms with E-state index in [0.29, 0.717) is 41.1 Å². The lowest BCUT2D eigenvalue weighted by atomic mass is 9.85. The summed E-state index contributed by atoms with van der Waals surface area (Å²) >= 11 is 0. The van der Waals surface area contributed by atoms with Crippen LogP contribution in [0.4, 0.5) is 0 Å². The summed E-state index contributed by atoms with van der Waals surface area (Å²) in [6, 6.07) is 23.5. The molecule has 63 heavy (non-hydrogen) atoms. The molecule has 5 rings (SSSR count). The molecule has 4 aromatic carbocycles. The number of aromatic hydroxyl groups is 2.